The molecule has 0 radical (unpaired) electrons. The van der Waals surface area contributed by atoms with E-state index < -0.39 is 0 Å². The Labute approximate surface area is 73.4 Å². The van der Waals surface area contributed by atoms with Crippen molar-refractivity contribution in [3.05, 3.63) is 42.2 Å². The lowest BCUT2D eigenvalue weighted by Crippen LogP contribution is -2.37. The number of hydrogen-bond acceptors (Lipinski definition) is 0. The molecule has 1 nitrogen and oxygen atoms in total. The monoisotopic (exact) mass is 160 g/mol. The van der Waals surface area contributed by atoms with E-state index in [2.05, 4.69) is 29.5 Å². The largest absolute Gasteiger partial charge is 0.199 e. The lowest BCUT2D eigenvalue weighted by atomic mass is 10.2. The zero-order chi connectivity index (χ0) is 8.39. The highest BCUT2D eigenvalue weighted by atomic mass is 15.0. The summed E-state index contributed by atoms with van der Waals surface area (Å²) in [6.07, 6.45) is 7.91. The number of nitrogens with zero attached hydrogens (tertiary/aromatic N) is 1. The van der Waals surface area contributed by atoms with Gasteiger partial charge in [-0.05, 0) is 25.0 Å². The van der Waals surface area contributed by atoms with Crippen LogP contribution in [0, 0.1) is 0 Å². The number of aromatic nitrogens is 1. The minimum absolute atomic E-state index is 0.948. The van der Waals surface area contributed by atoms with Crippen molar-refractivity contribution in [2.75, 3.05) is 0 Å². The van der Waals surface area contributed by atoms with Gasteiger partial charge in [0.05, 0.1) is 0 Å². The van der Waals surface area contributed by atoms with Crippen LogP contribution in [0.5, 0.6) is 0 Å². The molecule has 0 aromatic carbocycles. The molecule has 1 aromatic rings. The molecule has 1 heteroatoms. The van der Waals surface area contributed by atoms with Crippen molar-refractivity contribution in [1.82, 2.24) is 0 Å². The number of rotatable bonds is 2. The molecule has 1 heterocycles. The van der Waals surface area contributed by atoms with Gasteiger partial charge >= 0.3 is 0 Å². The van der Waals surface area contributed by atoms with Crippen molar-refractivity contribution >= 4 is 0 Å². The molecular weight excluding hydrogens is 146 g/mol. The average molecular weight is 160 g/mol. The molecule has 0 saturated heterocycles. The average Bonchev–Trinajstić information content (AvgIpc) is 2.53. The van der Waals surface area contributed by atoms with Crippen LogP contribution in [-0.2, 0) is 19.4 Å². The van der Waals surface area contributed by atoms with E-state index in [0.29, 0.717) is 0 Å². The maximum atomic E-state index is 3.76. The van der Waals surface area contributed by atoms with Crippen LogP contribution in [-0.4, -0.2) is 0 Å². The van der Waals surface area contributed by atoms with Gasteiger partial charge in [-0.15, -0.1) is 0 Å². The van der Waals surface area contributed by atoms with Crippen LogP contribution in [0.1, 0.15) is 17.7 Å². The van der Waals surface area contributed by atoms with Crippen LogP contribution >= 0.6 is 0 Å². The topological polar surface area (TPSA) is 3.88 Å². The van der Waals surface area contributed by atoms with Crippen LogP contribution in [0.4, 0.5) is 0 Å². The molecule has 2 rings (SSSR count). The van der Waals surface area contributed by atoms with E-state index in [1.54, 1.807) is 0 Å². The van der Waals surface area contributed by atoms with Crippen LogP contribution in [0.15, 0.2) is 31.0 Å². The summed E-state index contributed by atoms with van der Waals surface area (Å²) in [5.41, 5.74) is 3.04. The van der Waals surface area contributed by atoms with E-state index in [-0.39, 0.29) is 0 Å². The smallest absolute Gasteiger partial charge is 0.184 e. The number of aryl methyl sites for hydroxylation is 1. The summed E-state index contributed by atoms with van der Waals surface area (Å²) in [5.74, 6) is 0. The molecule has 0 N–H and O–H groups in total. The number of hydrogen-bond donors (Lipinski definition) is 0. The molecular formula is C11H14N+. The number of allylic oxidation sites excluding steroid dienone is 1. The third kappa shape index (κ3) is 1.15. The Balaban J connectivity index is 2.42. The van der Waals surface area contributed by atoms with Crippen LogP contribution in [0.2, 0.25) is 0 Å². The normalized spacial score (nSPS) is 14.3. The van der Waals surface area contributed by atoms with Gasteiger partial charge in [0.2, 0.25) is 0 Å². The Morgan fingerprint density at radius 1 is 1.50 bits per heavy atom. The maximum Gasteiger partial charge on any atom is 0.184 e. The molecule has 0 unspecified atom stereocenters. The standard InChI is InChI=1S/C11H14N/c1-2-8-12-9-4-6-10-5-3-7-11(10)12/h2,4,6,9H,1,3,5,7-8H2/q+1. The van der Waals surface area contributed by atoms with Gasteiger partial charge in [-0.25, -0.2) is 0 Å². The van der Waals surface area contributed by atoms with E-state index in [1.807, 2.05) is 6.08 Å². The van der Waals surface area contributed by atoms with Crippen LogP contribution in [0.3, 0.4) is 0 Å². The number of pyridine rings is 1. The summed E-state index contributed by atoms with van der Waals surface area (Å²) in [6, 6.07) is 4.37. The first-order valence-corrected chi connectivity index (χ1v) is 4.53. The molecule has 0 aliphatic heterocycles. The third-order valence-electron chi connectivity index (χ3n) is 2.47. The lowest BCUT2D eigenvalue weighted by molar-refractivity contribution is -0.694. The molecule has 1 aromatic heterocycles. The van der Waals surface area contributed by atoms with Crippen molar-refractivity contribution in [3.63, 3.8) is 0 Å². The molecule has 0 saturated carbocycles. The van der Waals surface area contributed by atoms with Gasteiger partial charge in [-0.1, -0.05) is 6.58 Å². The molecule has 0 spiro atoms. The highest BCUT2D eigenvalue weighted by Crippen LogP contribution is 2.17. The third-order valence-corrected chi connectivity index (χ3v) is 2.47. The Hall–Kier alpha value is -1.11. The minimum Gasteiger partial charge on any atom is -0.199 e. The first-order valence-electron chi connectivity index (χ1n) is 4.53. The van der Waals surface area contributed by atoms with E-state index in [0.717, 1.165) is 6.54 Å². The molecule has 0 bridgehead atoms. The van der Waals surface area contributed by atoms with Crippen molar-refractivity contribution in [1.29, 1.82) is 0 Å². The predicted octanol–water partition coefficient (Wildman–Crippen LogP) is 1.65. The molecule has 1 aliphatic carbocycles. The first-order chi connectivity index (χ1) is 5.92. The Morgan fingerprint density at radius 3 is 3.25 bits per heavy atom. The first kappa shape index (κ1) is 7.53. The molecule has 1 aliphatic rings. The fourth-order valence-corrected chi connectivity index (χ4v) is 1.92. The molecule has 62 valence electrons. The summed E-state index contributed by atoms with van der Waals surface area (Å²) >= 11 is 0. The summed E-state index contributed by atoms with van der Waals surface area (Å²) < 4.78 is 2.30. The fraction of sp³-hybridized carbons (Fsp3) is 0.364. The van der Waals surface area contributed by atoms with E-state index in [4.69, 9.17) is 0 Å². The predicted molar refractivity (Wildman–Crippen MR) is 48.9 cm³/mol. The van der Waals surface area contributed by atoms with Crippen molar-refractivity contribution in [2.45, 2.75) is 25.8 Å². The second-order valence-electron chi connectivity index (χ2n) is 3.27. The summed E-state index contributed by atoms with van der Waals surface area (Å²) in [5, 5.41) is 0. The Kier molecular flexibility index (Phi) is 1.94. The fourth-order valence-electron chi connectivity index (χ4n) is 1.92. The van der Waals surface area contributed by atoms with Gasteiger partial charge in [0.15, 0.2) is 18.4 Å². The molecule has 0 amide bonds. The van der Waals surface area contributed by atoms with Gasteiger partial charge in [-0.2, -0.15) is 4.57 Å². The second kappa shape index (κ2) is 3.10. The maximum absolute atomic E-state index is 3.76. The molecule has 0 atom stereocenters. The van der Waals surface area contributed by atoms with Crippen LogP contribution < -0.4 is 4.57 Å². The van der Waals surface area contributed by atoms with Gasteiger partial charge in [0, 0.05) is 18.1 Å². The Bertz CT molecular complexity index is 302. The quantitative estimate of drug-likeness (QED) is 0.457. The summed E-state index contributed by atoms with van der Waals surface area (Å²) in [6.45, 7) is 4.71. The van der Waals surface area contributed by atoms with Gasteiger partial charge in [0.1, 0.15) is 0 Å². The lowest BCUT2D eigenvalue weighted by Gasteiger charge is -1.98. The molecule has 0 fully saturated rings. The highest BCUT2D eigenvalue weighted by Gasteiger charge is 2.19. The van der Waals surface area contributed by atoms with Gasteiger partial charge in [-0.3, -0.25) is 0 Å². The summed E-state index contributed by atoms with van der Waals surface area (Å²) in [7, 11) is 0. The van der Waals surface area contributed by atoms with Crippen molar-refractivity contribution in [2.24, 2.45) is 0 Å². The SMILES string of the molecule is C=CC[n+]1cccc2c1CCC2. The zero-order valence-electron chi connectivity index (χ0n) is 7.29. The highest BCUT2D eigenvalue weighted by molar-refractivity contribution is 5.20. The van der Waals surface area contributed by atoms with Crippen LogP contribution in [0.25, 0.3) is 0 Å². The minimum atomic E-state index is 0.948. The number of fused-ring (bicyclic) bond motifs is 1. The second-order valence-corrected chi connectivity index (χ2v) is 3.27. The molecule has 12 heavy (non-hydrogen) atoms. The van der Waals surface area contributed by atoms with E-state index >= 15 is 0 Å². The van der Waals surface area contributed by atoms with Gasteiger partial charge in [0.25, 0.3) is 0 Å². The van der Waals surface area contributed by atoms with Crippen molar-refractivity contribution < 1.29 is 4.57 Å². The van der Waals surface area contributed by atoms with E-state index in [1.165, 1.54) is 30.5 Å². The Morgan fingerprint density at radius 2 is 2.42 bits per heavy atom. The van der Waals surface area contributed by atoms with Crippen molar-refractivity contribution in [3.8, 4) is 0 Å². The zero-order valence-corrected chi connectivity index (χ0v) is 7.29. The van der Waals surface area contributed by atoms with Gasteiger partial charge < -0.3 is 0 Å². The summed E-state index contributed by atoms with van der Waals surface area (Å²) in [4.78, 5) is 0. The van der Waals surface area contributed by atoms with E-state index in [9.17, 15) is 0 Å².